The SMILES string of the molecule is CC(=O)N1c2ccccc2NC2=C(C(=O)CC(C)(C)C2)[C@H]1C[C@@H]1CC=C(C)C1(C)C. The van der Waals surface area contributed by atoms with Crippen LogP contribution in [0.4, 0.5) is 11.4 Å². The van der Waals surface area contributed by atoms with E-state index in [9.17, 15) is 9.59 Å². The molecule has 2 atom stereocenters. The molecule has 3 aliphatic rings. The lowest BCUT2D eigenvalue weighted by Gasteiger charge is -2.40. The summed E-state index contributed by atoms with van der Waals surface area (Å²) in [5.74, 6) is 0.561. The monoisotopic (exact) mass is 406 g/mol. The molecule has 4 heteroatoms. The first-order chi connectivity index (χ1) is 14.0. The Balaban J connectivity index is 1.86. The number of amides is 1. The van der Waals surface area contributed by atoms with E-state index in [-0.39, 0.29) is 28.6 Å². The van der Waals surface area contributed by atoms with E-state index in [0.717, 1.165) is 41.9 Å². The highest BCUT2D eigenvalue weighted by Crippen LogP contribution is 2.49. The number of carbonyl (C=O) groups excluding carboxylic acids is 2. The molecule has 1 N–H and O–H groups in total. The fourth-order valence-electron chi connectivity index (χ4n) is 5.55. The Morgan fingerprint density at radius 2 is 1.87 bits per heavy atom. The lowest BCUT2D eigenvalue weighted by atomic mass is 9.70. The molecule has 0 aromatic heterocycles. The molecule has 30 heavy (non-hydrogen) atoms. The van der Waals surface area contributed by atoms with Crippen LogP contribution in [0, 0.1) is 16.7 Å². The summed E-state index contributed by atoms with van der Waals surface area (Å²) in [4.78, 5) is 28.3. The number of hydrogen-bond donors (Lipinski definition) is 1. The molecule has 0 fully saturated rings. The van der Waals surface area contributed by atoms with Crippen molar-refractivity contribution in [2.24, 2.45) is 16.7 Å². The minimum Gasteiger partial charge on any atom is -0.357 e. The lowest BCUT2D eigenvalue weighted by Crippen LogP contribution is -2.45. The summed E-state index contributed by atoms with van der Waals surface area (Å²) in [6.07, 6.45) is 5.46. The van der Waals surface area contributed by atoms with Gasteiger partial charge in [-0.3, -0.25) is 9.59 Å². The maximum Gasteiger partial charge on any atom is 0.224 e. The first kappa shape index (κ1) is 20.9. The summed E-state index contributed by atoms with van der Waals surface area (Å²) in [5.41, 5.74) is 4.99. The van der Waals surface area contributed by atoms with Crippen molar-refractivity contribution in [3.63, 3.8) is 0 Å². The number of anilines is 2. The molecule has 0 unspecified atom stereocenters. The van der Waals surface area contributed by atoms with Crippen molar-refractivity contribution < 1.29 is 9.59 Å². The number of nitrogens with one attached hydrogen (secondary N) is 1. The summed E-state index contributed by atoms with van der Waals surface area (Å²) in [7, 11) is 0. The summed E-state index contributed by atoms with van der Waals surface area (Å²) >= 11 is 0. The van der Waals surface area contributed by atoms with Crippen molar-refractivity contribution in [2.45, 2.75) is 73.3 Å². The van der Waals surface area contributed by atoms with E-state index >= 15 is 0 Å². The van der Waals surface area contributed by atoms with Crippen LogP contribution in [0.25, 0.3) is 0 Å². The molecule has 0 saturated carbocycles. The Bertz CT molecular complexity index is 967. The van der Waals surface area contributed by atoms with Crippen LogP contribution >= 0.6 is 0 Å². The molecule has 1 aromatic rings. The van der Waals surface area contributed by atoms with Crippen molar-refractivity contribution in [2.75, 3.05) is 10.2 Å². The number of ketones is 1. The number of rotatable bonds is 2. The van der Waals surface area contributed by atoms with Gasteiger partial charge in [-0.15, -0.1) is 0 Å². The van der Waals surface area contributed by atoms with Gasteiger partial charge >= 0.3 is 0 Å². The van der Waals surface area contributed by atoms with Crippen molar-refractivity contribution in [1.29, 1.82) is 0 Å². The molecule has 4 rings (SSSR count). The summed E-state index contributed by atoms with van der Waals surface area (Å²) in [6, 6.07) is 7.72. The zero-order valence-corrected chi connectivity index (χ0v) is 19.1. The third-order valence-corrected chi connectivity index (χ3v) is 7.61. The van der Waals surface area contributed by atoms with E-state index in [4.69, 9.17) is 0 Å². The largest absolute Gasteiger partial charge is 0.357 e. The van der Waals surface area contributed by atoms with E-state index in [1.807, 2.05) is 29.2 Å². The van der Waals surface area contributed by atoms with E-state index in [2.05, 4.69) is 46.0 Å². The average molecular weight is 407 g/mol. The van der Waals surface area contributed by atoms with E-state index in [1.54, 1.807) is 6.92 Å². The van der Waals surface area contributed by atoms with Crippen LogP contribution in [0.15, 0.2) is 47.2 Å². The summed E-state index contributed by atoms with van der Waals surface area (Å²) < 4.78 is 0. The molecular weight excluding hydrogens is 372 g/mol. The van der Waals surface area contributed by atoms with Gasteiger partial charge in [0.2, 0.25) is 5.91 Å². The second-order valence-electron chi connectivity index (χ2n) is 10.7. The fourth-order valence-corrected chi connectivity index (χ4v) is 5.55. The Morgan fingerprint density at radius 3 is 2.50 bits per heavy atom. The van der Waals surface area contributed by atoms with Crippen LogP contribution in [-0.2, 0) is 9.59 Å². The van der Waals surface area contributed by atoms with Gasteiger partial charge in [-0.2, -0.15) is 0 Å². The zero-order valence-electron chi connectivity index (χ0n) is 19.1. The van der Waals surface area contributed by atoms with Gasteiger partial charge in [0.05, 0.1) is 17.4 Å². The number of benzene rings is 1. The van der Waals surface area contributed by atoms with Crippen LogP contribution in [0.3, 0.4) is 0 Å². The summed E-state index contributed by atoms with van der Waals surface area (Å²) in [6.45, 7) is 12.7. The maximum atomic E-state index is 13.5. The number of fused-ring (bicyclic) bond motifs is 1. The van der Waals surface area contributed by atoms with Crippen molar-refractivity contribution in [3.8, 4) is 0 Å². The topological polar surface area (TPSA) is 49.4 Å². The number of nitrogens with zero attached hydrogens (tertiary/aromatic N) is 1. The number of para-hydroxylation sites is 2. The lowest BCUT2D eigenvalue weighted by molar-refractivity contribution is -0.118. The zero-order chi connectivity index (χ0) is 21.8. The Morgan fingerprint density at radius 1 is 1.17 bits per heavy atom. The Kier molecular flexibility index (Phi) is 4.95. The molecule has 0 radical (unpaired) electrons. The maximum absolute atomic E-state index is 13.5. The molecule has 1 heterocycles. The first-order valence-corrected chi connectivity index (χ1v) is 11.1. The number of Topliss-reactive ketones (excluding diaryl/α,β-unsaturated/α-hetero) is 1. The normalized spacial score (nSPS) is 27.1. The van der Waals surface area contributed by atoms with Crippen molar-refractivity contribution >= 4 is 23.1 Å². The third-order valence-electron chi connectivity index (χ3n) is 7.61. The second-order valence-corrected chi connectivity index (χ2v) is 10.7. The van der Waals surface area contributed by atoms with Gasteiger partial charge in [-0.05, 0) is 55.1 Å². The van der Waals surface area contributed by atoms with Crippen molar-refractivity contribution in [1.82, 2.24) is 0 Å². The van der Waals surface area contributed by atoms with Crippen LogP contribution in [0.5, 0.6) is 0 Å². The molecule has 4 nitrogen and oxygen atoms in total. The molecule has 0 bridgehead atoms. The van der Waals surface area contributed by atoms with Crippen LogP contribution < -0.4 is 10.2 Å². The first-order valence-electron chi connectivity index (χ1n) is 11.1. The van der Waals surface area contributed by atoms with Crippen LogP contribution in [0.2, 0.25) is 0 Å². The smallest absolute Gasteiger partial charge is 0.224 e. The van der Waals surface area contributed by atoms with Gasteiger partial charge in [-0.1, -0.05) is 51.5 Å². The molecule has 1 amide bonds. The highest BCUT2D eigenvalue weighted by atomic mass is 16.2. The Labute approximate surface area is 180 Å². The summed E-state index contributed by atoms with van der Waals surface area (Å²) in [5, 5.41) is 3.57. The molecule has 1 aromatic carbocycles. The predicted octanol–water partition coefficient (Wildman–Crippen LogP) is 5.86. The molecular formula is C26H34N2O2. The van der Waals surface area contributed by atoms with Crippen molar-refractivity contribution in [3.05, 3.63) is 47.2 Å². The number of carbonyl (C=O) groups is 2. The number of hydrogen-bond acceptors (Lipinski definition) is 3. The highest BCUT2D eigenvalue weighted by molar-refractivity contribution is 6.05. The highest BCUT2D eigenvalue weighted by Gasteiger charge is 2.45. The van der Waals surface area contributed by atoms with Gasteiger partial charge in [0, 0.05) is 24.6 Å². The number of allylic oxidation sites excluding steroid dienone is 3. The molecule has 1 aliphatic heterocycles. The minimum absolute atomic E-state index is 0.0129. The minimum atomic E-state index is -0.235. The molecule has 0 saturated heterocycles. The predicted molar refractivity (Wildman–Crippen MR) is 122 cm³/mol. The molecule has 2 aliphatic carbocycles. The van der Waals surface area contributed by atoms with Gasteiger partial charge < -0.3 is 10.2 Å². The van der Waals surface area contributed by atoms with E-state index in [0.29, 0.717) is 12.3 Å². The van der Waals surface area contributed by atoms with Gasteiger partial charge in [-0.25, -0.2) is 0 Å². The average Bonchev–Trinajstić information content (AvgIpc) is 2.81. The standard InChI is InChI=1S/C26H34N2O2/c1-16-11-12-18(26(16,5)6)13-22-24-20(14-25(3,4)15-23(24)30)27-19-9-7-8-10-21(19)28(22)17(2)29/h7-11,18,22,27H,12-15H2,1-6H3/t18-,22+/m0/s1. The fraction of sp³-hybridized carbons (Fsp3) is 0.538. The van der Waals surface area contributed by atoms with Gasteiger partial charge in [0.1, 0.15) is 0 Å². The van der Waals surface area contributed by atoms with Crippen LogP contribution in [0.1, 0.15) is 67.2 Å². The second kappa shape index (κ2) is 7.11. The molecule has 0 spiro atoms. The quantitative estimate of drug-likeness (QED) is 0.626. The van der Waals surface area contributed by atoms with Gasteiger partial charge in [0.25, 0.3) is 0 Å². The Hall–Kier alpha value is -2.36. The van der Waals surface area contributed by atoms with E-state index < -0.39 is 0 Å². The third kappa shape index (κ3) is 3.40. The molecule has 160 valence electrons. The van der Waals surface area contributed by atoms with Gasteiger partial charge in [0.15, 0.2) is 5.78 Å². The van der Waals surface area contributed by atoms with E-state index in [1.165, 1.54) is 5.57 Å². The van der Waals surface area contributed by atoms with Crippen LogP contribution in [-0.4, -0.2) is 17.7 Å².